The van der Waals surface area contributed by atoms with Crippen molar-refractivity contribution < 1.29 is 34.5 Å². The Kier molecular flexibility index (Phi) is 15.4. The molecular formula is C13H25HgIO3. The summed E-state index contributed by atoms with van der Waals surface area (Å²) in [5, 5.41) is 0. The zero-order chi connectivity index (χ0) is 13.6. The number of esters is 1. The minimum atomic E-state index is -0.549. The van der Waals surface area contributed by atoms with Crippen molar-refractivity contribution in [2.24, 2.45) is 0 Å². The average molecular weight is 557 g/mol. The van der Waals surface area contributed by atoms with E-state index in [1.54, 1.807) is 0 Å². The fourth-order valence-corrected chi connectivity index (χ4v) is 11.0. The van der Waals surface area contributed by atoms with Crippen LogP contribution in [-0.2, 0) is 34.5 Å². The summed E-state index contributed by atoms with van der Waals surface area (Å²) in [5.41, 5.74) is 0. The Labute approximate surface area is 133 Å². The fraction of sp³-hybridized carbons (Fsp3) is 0.923. The van der Waals surface area contributed by atoms with E-state index in [4.69, 9.17) is 4.74 Å². The van der Waals surface area contributed by atoms with Crippen LogP contribution in [0.15, 0.2) is 0 Å². The second kappa shape index (κ2) is 14.5. The number of ether oxygens (including phenoxy) is 2. The molecule has 0 bridgehead atoms. The van der Waals surface area contributed by atoms with Crippen LogP contribution in [0.2, 0.25) is 3.93 Å². The SMILES string of the molecule is COC(=O)CCCCCCCCC([CH2][Hg][I])OC. The summed E-state index contributed by atoms with van der Waals surface area (Å²) in [6.07, 6.45) is 9.59. The third kappa shape index (κ3) is 12.1. The second-order valence-electron chi connectivity index (χ2n) is 4.57. The zero-order valence-corrected chi connectivity index (χ0v) is 19.4. The van der Waals surface area contributed by atoms with E-state index in [0.717, 1.165) is 12.8 Å². The Morgan fingerprint density at radius 3 is 2.28 bits per heavy atom. The second-order valence-corrected chi connectivity index (χ2v) is 17.8. The van der Waals surface area contributed by atoms with E-state index in [1.165, 1.54) is 43.1 Å². The molecule has 0 rings (SSSR count). The van der Waals surface area contributed by atoms with Crippen LogP contribution in [0.1, 0.15) is 51.4 Å². The third-order valence-corrected chi connectivity index (χ3v) is 12.0. The molecular weight excluding hydrogens is 532 g/mol. The van der Waals surface area contributed by atoms with Crippen LogP contribution < -0.4 is 0 Å². The minimum absolute atomic E-state index is 0.0802. The molecule has 0 N–H and O–H groups in total. The van der Waals surface area contributed by atoms with E-state index in [9.17, 15) is 4.79 Å². The fourth-order valence-electron chi connectivity index (χ4n) is 1.95. The number of hydrogen-bond donors (Lipinski definition) is 0. The number of rotatable bonds is 12. The first-order valence-corrected chi connectivity index (χ1v) is 26.3. The quantitative estimate of drug-likeness (QED) is 0.157. The molecule has 0 spiro atoms. The van der Waals surface area contributed by atoms with Crippen LogP contribution in [0.4, 0.5) is 0 Å². The van der Waals surface area contributed by atoms with Crippen molar-refractivity contribution >= 4 is 23.6 Å². The normalized spacial score (nSPS) is 11.9. The van der Waals surface area contributed by atoms with Crippen LogP contribution in [0.25, 0.3) is 0 Å². The van der Waals surface area contributed by atoms with E-state index >= 15 is 0 Å². The first-order valence-electron chi connectivity index (χ1n) is 6.90. The Morgan fingerprint density at radius 2 is 1.72 bits per heavy atom. The molecule has 0 saturated heterocycles. The van der Waals surface area contributed by atoms with Gasteiger partial charge in [-0.05, 0) is 0 Å². The van der Waals surface area contributed by atoms with E-state index < -0.39 is 20.2 Å². The van der Waals surface area contributed by atoms with Crippen molar-refractivity contribution in [2.45, 2.75) is 61.4 Å². The van der Waals surface area contributed by atoms with E-state index in [2.05, 4.69) is 22.4 Å². The molecule has 0 aliphatic heterocycles. The summed E-state index contributed by atoms with van der Waals surface area (Å²) in [6, 6.07) is 0. The van der Waals surface area contributed by atoms with Crippen LogP contribution >= 0.6 is 17.7 Å². The predicted octanol–water partition coefficient (Wildman–Crippen LogP) is 4.15. The Bertz CT molecular complexity index is 203. The standard InChI is InChI=1S/C13H25O3.Hg.HI/c1-12(15-2)10-8-6-4-5-7-9-11-13(14)16-3;;/h12H,1,4-11H2,2-3H3;;1H/q;+1;/p-1. The number of unbranched alkanes of at least 4 members (excludes halogenated alkanes) is 5. The molecule has 0 aliphatic rings. The summed E-state index contributed by atoms with van der Waals surface area (Å²) >= 11 is 2.07. The molecule has 1 atom stereocenters. The van der Waals surface area contributed by atoms with Crippen LogP contribution in [0.5, 0.6) is 0 Å². The van der Waals surface area contributed by atoms with Gasteiger partial charge in [0.15, 0.2) is 0 Å². The predicted molar refractivity (Wildman–Crippen MR) is 78.6 cm³/mol. The number of carbonyl (C=O) groups excluding carboxylic acids is 1. The molecule has 0 aromatic heterocycles. The van der Waals surface area contributed by atoms with Gasteiger partial charge in [0.05, 0.1) is 7.11 Å². The van der Waals surface area contributed by atoms with Gasteiger partial charge in [-0.15, -0.1) is 0 Å². The molecule has 1 unspecified atom stereocenters. The van der Waals surface area contributed by atoms with Crippen LogP contribution in [0.3, 0.4) is 0 Å². The molecule has 0 radical (unpaired) electrons. The summed E-state index contributed by atoms with van der Waals surface area (Å²) in [5.74, 6) is -0.0802. The van der Waals surface area contributed by atoms with Gasteiger partial charge in [0, 0.05) is 0 Å². The Balaban J connectivity index is 3.22. The number of methoxy groups -OCH3 is 2. The van der Waals surface area contributed by atoms with Gasteiger partial charge in [-0.3, -0.25) is 0 Å². The number of hydrogen-bond acceptors (Lipinski definition) is 3. The van der Waals surface area contributed by atoms with Crippen LogP contribution in [0, 0.1) is 0 Å². The van der Waals surface area contributed by atoms with Gasteiger partial charge in [0.2, 0.25) is 0 Å². The monoisotopic (exact) mass is 558 g/mol. The molecule has 3 nitrogen and oxygen atoms in total. The molecule has 18 heavy (non-hydrogen) atoms. The van der Waals surface area contributed by atoms with Gasteiger partial charge < -0.3 is 0 Å². The van der Waals surface area contributed by atoms with Gasteiger partial charge in [-0.25, -0.2) is 0 Å². The molecule has 104 valence electrons. The molecule has 0 aromatic carbocycles. The summed E-state index contributed by atoms with van der Waals surface area (Å²) in [4.78, 5) is 10.9. The Hall–Kier alpha value is 1.10. The molecule has 0 heterocycles. The van der Waals surface area contributed by atoms with Crippen molar-refractivity contribution in [1.29, 1.82) is 0 Å². The first kappa shape index (κ1) is 19.1. The summed E-state index contributed by atoms with van der Waals surface area (Å²) in [7, 11) is 3.30. The van der Waals surface area contributed by atoms with E-state index in [1.807, 2.05) is 7.11 Å². The van der Waals surface area contributed by atoms with Crippen molar-refractivity contribution in [2.75, 3.05) is 14.2 Å². The van der Waals surface area contributed by atoms with E-state index in [0.29, 0.717) is 12.5 Å². The first-order chi connectivity index (χ1) is 8.74. The van der Waals surface area contributed by atoms with Gasteiger partial charge in [0.1, 0.15) is 0 Å². The molecule has 0 aromatic rings. The zero-order valence-electron chi connectivity index (χ0n) is 11.8. The third-order valence-electron chi connectivity index (χ3n) is 3.15. The van der Waals surface area contributed by atoms with Crippen molar-refractivity contribution in [3.05, 3.63) is 0 Å². The van der Waals surface area contributed by atoms with Crippen molar-refractivity contribution in [1.82, 2.24) is 0 Å². The van der Waals surface area contributed by atoms with Gasteiger partial charge in [-0.1, -0.05) is 0 Å². The summed E-state index contributed by atoms with van der Waals surface area (Å²) in [6.45, 7) is 0. The van der Waals surface area contributed by atoms with Gasteiger partial charge >= 0.3 is 127 Å². The van der Waals surface area contributed by atoms with Crippen molar-refractivity contribution in [3.63, 3.8) is 0 Å². The maximum atomic E-state index is 10.9. The Morgan fingerprint density at radius 1 is 1.11 bits per heavy atom. The summed E-state index contributed by atoms with van der Waals surface area (Å²) < 4.78 is 11.5. The topological polar surface area (TPSA) is 35.5 Å². The van der Waals surface area contributed by atoms with E-state index in [-0.39, 0.29) is 5.97 Å². The van der Waals surface area contributed by atoms with Gasteiger partial charge in [0.25, 0.3) is 0 Å². The molecule has 0 aliphatic carbocycles. The van der Waals surface area contributed by atoms with Gasteiger partial charge in [-0.2, -0.15) is 0 Å². The number of carbonyl (C=O) groups is 1. The average Bonchev–Trinajstić information content (AvgIpc) is 2.40. The molecule has 0 saturated carbocycles. The number of halogens is 1. The molecule has 5 heteroatoms. The molecule has 0 fully saturated rings. The molecule has 0 amide bonds. The maximum absolute atomic E-state index is 10.9. The van der Waals surface area contributed by atoms with Crippen molar-refractivity contribution in [3.8, 4) is 0 Å². The van der Waals surface area contributed by atoms with Crippen LogP contribution in [-0.4, -0.2) is 26.3 Å².